The number of esters is 1. The van der Waals surface area contributed by atoms with E-state index in [-0.39, 0.29) is 29.5 Å². The van der Waals surface area contributed by atoms with Gasteiger partial charge in [0.15, 0.2) is 5.78 Å². The van der Waals surface area contributed by atoms with Gasteiger partial charge in [-0.2, -0.15) is 5.26 Å². The third kappa shape index (κ3) is 6.35. The molecule has 2 aromatic carbocycles. The lowest BCUT2D eigenvalue weighted by Gasteiger charge is -2.39. The maximum absolute atomic E-state index is 13.3. The normalized spacial score (nSPS) is 18.0. The fourth-order valence-electron chi connectivity index (χ4n) is 4.86. The quantitative estimate of drug-likeness (QED) is 0.429. The average molecular weight is 546 g/mol. The summed E-state index contributed by atoms with van der Waals surface area (Å²) in [5.74, 6) is -0.465. The number of thioether (sulfide) groups is 1. The van der Waals surface area contributed by atoms with Crippen molar-refractivity contribution < 1.29 is 23.9 Å². The SMILES string of the molecule is CCOC(=O)c1ccc(NC(=O)CSC2=C(C#N)[C@@H](c3ccc(OC)cc3)C3=C(CC(C)(C)CC3=O)N2)cc1. The molecule has 1 amide bonds. The number of nitrogens with one attached hydrogen (secondary N) is 2. The maximum atomic E-state index is 13.3. The van der Waals surface area contributed by atoms with E-state index in [2.05, 4.69) is 30.6 Å². The highest BCUT2D eigenvalue weighted by atomic mass is 32.2. The second-order valence-corrected chi connectivity index (χ2v) is 11.1. The predicted octanol–water partition coefficient (Wildman–Crippen LogP) is 5.31. The highest BCUT2D eigenvalue weighted by Gasteiger charge is 2.42. The number of nitrogens with zero attached hydrogens (tertiary/aromatic N) is 1. The maximum Gasteiger partial charge on any atom is 0.338 e. The lowest BCUT2D eigenvalue weighted by atomic mass is 9.69. The number of dihydropyridines is 1. The van der Waals surface area contributed by atoms with Crippen molar-refractivity contribution in [2.45, 2.75) is 39.5 Å². The zero-order valence-electron chi connectivity index (χ0n) is 22.4. The number of carbonyl (C=O) groups is 3. The smallest absolute Gasteiger partial charge is 0.338 e. The molecule has 0 radical (unpaired) electrons. The van der Waals surface area contributed by atoms with Crippen molar-refractivity contribution in [1.29, 1.82) is 5.26 Å². The van der Waals surface area contributed by atoms with Crippen molar-refractivity contribution in [1.82, 2.24) is 5.32 Å². The van der Waals surface area contributed by atoms with Crippen LogP contribution >= 0.6 is 11.8 Å². The van der Waals surface area contributed by atoms with Gasteiger partial charge >= 0.3 is 5.97 Å². The molecule has 1 aliphatic heterocycles. The topological polar surface area (TPSA) is 118 Å². The molecule has 1 atom stereocenters. The monoisotopic (exact) mass is 545 g/mol. The molecule has 0 saturated heterocycles. The third-order valence-electron chi connectivity index (χ3n) is 6.60. The number of benzene rings is 2. The van der Waals surface area contributed by atoms with Gasteiger partial charge in [-0.1, -0.05) is 37.7 Å². The van der Waals surface area contributed by atoms with E-state index in [9.17, 15) is 19.6 Å². The summed E-state index contributed by atoms with van der Waals surface area (Å²) < 4.78 is 10.3. The molecule has 39 heavy (non-hydrogen) atoms. The lowest BCUT2D eigenvalue weighted by molar-refractivity contribution is -0.118. The molecule has 2 aliphatic rings. The van der Waals surface area contributed by atoms with Crippen LogP contribution in [0, 0.1) is 16.7 Å². The van der Waals surface area contributed by atoms with Crippen LogP contribution < -0.4 is 15.4 Å². The van der Waals surface area contributed by atoms with Crippen LogP contribution in [-0.4, -0.2) is 37.1 Å². The van der Waals surface area contributed by atoms with E-state index in [0.29, 0.717) is 46.0 Å². The summed E-state index contributed by atoms with van der Waals surface area (Å²) in [5, 5.41) is 16.9. The van der Waals surface area contributed by atoms with E-state index in [0.717, 1.165) is 11.3 Å². The summed E-state index contributed by atoms with van der Waals surface area (Å²) in [6.07, 6.45) is 1.06. The number of amides is 1. The zero-order valence-corrected chi connectivity index (χ0v) is 23.2. The van der Waals surface area contributed by atoms with Crippen LogP contribution in [0.5, 0.6) is 5.75 Å². The molecule has 9 heteroatoms. The fraction of sp³-hybridized carbons (Fsp3) is 0.333. The number of rotatable bonds is 8. The third-order valence-corrected chi connectivity index (χ3v) is 7.62. The van der Waals surface area contributed by atoms with Crippen LogP contribution in [0.25, 0.3) is 0 Å². The predicted molar refractivity (Wildman–Crippen MR) is 150 cm³/mol. The Labute approximate surface area is 232 Å². The summed E-state index contributed by atoms with van der Waals surface area (Å²) >= 11 is 1.22. The second-order valence-electron chi connectivity index (χ2n) is 10.2. The number of allylic oxidation sites excluding steroid dienone is 3. The van der Waals surface area contributed by atoms with Gasteiger partial charge in [0, 0.05) is 23.4 Å². The number of ketones is 1. The molecule has 0 fully saturated rings. The van der Waals surface area contributed by atoms with E-state index in [1.165, 1.54) is 11.8 Å². The standard InChI is InChI=1S/C30H31N3O5S/c1-5-38-29(36)19-6-10-20(11-7-19)32-25(35)17-39-28-22(16-31)26(18-8-12-21(37-4)13-9-18)27-23(33-28)14-30(2,3)15-24(27)34/h6-13,26,33H,5,14-15,17H2,1-4H3,(H,32,35)/t26-/m1/s1. The van der Waals surface area contributed by atoms with Gasteiger partial charge in [-0.3, -0.25) is 9.59 Å². The Morgan fingerprint density at radius 2 is 1.82 bits per heavy atom. The van der Waals surface area contributed by atoms with Gasteiger partial charge in [0.25, 0.3) is 0 Å². The molecule has 2 N–H and O–H groups in total. The van der Waals surface area contributed by atoms with E-state index in [4.69, 9.17) is 9.47 Å². The minimum absolute atomic E-state index is 0.0235. The Hall–Kier alpha value is -4.03. The van der Waals surface area contributed by atoms with Crippen LogP contribution in [0.2, 0.25) is 0 Å². The number of hydrogen-bond acceptors (Lipinski definition) is 8. The summed E-state index contributed by atoms with van der Waals surface area (Å²) in [4.78, 5) is 38.0. The molecule has 0 spiro atoms. The zero-order chi connectivity index (χ0) is 28.2. The minimum atomic E-state index is -0.526. The Bertz CT molecular complexity index is 1390. The van der Waals surface area contributed by atoms with Gasteiger partial charge in [-0.05, 0) is 60.7 Å². The molecule has 0 saturated carbocycles. The van der Waals surface area contributed by atoms with Crippen molar-refractivity contribution in [3.63, 3.8) is 0 Å². The summed E-state index contributed by atoms with van der Waals surface area (Å²) in [5.41, 5.74) is 3.36. The Morgan fingerprint density at radius 3 is 2.44 bits per heavy atom. The average Bonchev–Trinajstić information content (AvgIpc) is 2.91. The van der Waals surface area contributed by atoms with Crippen LogP contribution in [0.3, 0.4) is 0 Å². The van der Waals surface area contributed by atoms with Crippen LogP contribution in [0.1, 0.15) is 55.5 Å². The molecule has 4 rings (SSSR count). The van der Waals surface area contributed by atoms with Gasteiger partial charge in [0.1, 0.15) is 5.75 Å². The minimum Gasteiger partial charge on any atom is -0.497 e. The van der Waals surface area contributed by atoms with Crippen LogP contribution in [0.15, 0.2) is 70.4 Å². The molecule has 1 heterocycles. The van der Waals surface area contributed by atoms with Gasteiger partial charge in [0.05, 0.1) is 47.6 Å². The van der Waals surface area contributed by atoms with Crippen LogP contribution in [0.4, 0.5) is 5.69 Å². The Morgan fingerprint density at radius 1 is 1.13 bits per heavy atom. The molecule has 202 valence electrons. The molecule has 2 aromatic rings. The fourth-order valence-corrected chi connectivity index (χ4v) is 5.72. The van der Waals surface area contributed by atoms with Crippen molar-refractivity contribution in [2.24, 2.45) is 5.41 Å². The van der Waals surface area contributed by atoms with Crippen molar-refractivity contribution in [2.75, 3.05) is 24.8 Å². The number of ether oxygens (including phenoxy) is 2. The van der Waals surface area contributed by atoms with Gasteiger partial charge in [-0.25, -0.2) is 4.79 Å². The Kier molecular flexibility index (Phi) is 8.46. The molecule has 1 aliphatic carbocycles. The van der Waals surface area contributed by atoms with Crippen molar-refractivity contribution >= 4 is 35.1 Å². The van der Waals surface area contributed by atoms with E-state index in [1.54, 1.807) is 38.3 Å². The van der Waals surface area contributed by atoms with Crippen molar-refractivity contribution in [3.8, 4) is 11.8 Å². The number of carbonyl (C=O) groups excluding carboxylic acids is 3. The molecule has 0 bridgehead atoms. The number of Topliss-reactive ketones (excluding diaryl/α,β-unsaturated/α-hetero) is 1. The van der Waals surface area contributed by atoms with E-state index < -0.39 is 11.9 Å². The number of anilines is 1. The molecular weight excluding hydrogens is 514 g/mol. The van der Waals surface area contributed by atoms with Crippen molar-refractivity contribution in [3.05, 3.63) is 81.5 Å². The van der Waals surface area contributed by atoms with E-state index >= 15 is 0 Å². The number of hydrogen-bond donors (Lipinski definition) is 2. The number of methoxy groups -OCH3 is 1. The highest BCUT2D eigenvalue weighted by Crippen LogP contribution is 2.48. The molecule has 8 nitrogen and oxygen atoms in total. The van der Waals surface area contributed by atoms with E-state index in [1.807, 2.05) is 24.3 Å². The van der Waals surface area contributed by atoms with Gasteiger partial charge in [0.2, 0.25) is 5.91 Å². The summed E-state index contributed by atoms with van der Waals surface area (Å²) in [6.45, 7) is 6.13. The Balaban J connectivity index is 1.56. The first-order valence-electron chi connectivity index (χ1n) is 12.7. The van der Waals surface area contributed by atoms with Crippen LogP contribution in [-0.2, 0) is 14.3 Å². The first-order valence-corrected chi connectivity index (χ1v) is 13.7. The molecular formula is C30H31N3O5S. The van der Waals surface area contributed by atoms with Gasteiger partial charge in [-0.15, -0.1) is 0 Å². The molecule has 0 unspecified atom stereocenters. The summed E-state index contributed by atoms with van der Waals surface area (Å²) in [6, 6.07) is 16.2. The number of nitriles is 1. The largest absolute Gasteiger partial charge is 0.497 e. The highest BCUT2D eigenvalue weighted by molar-refractivity contribution is 8.03. The lowest BCUT2D eigenvalue weighted by Crippen LogP contribution is -2.37. The first kappa shape index (κ1) is 28.0. The first-order chi connectivity index (χ1) is 18.7. The molecule has 0 aromatic heterocycles. The van der Waals surface area contributed by atoms with Gasteiger partial charge < -0.3 is 20.1 Å². The summed E-state index contributed by atoms with van der Waals surface area (Å²) in [7, 11) is 1.59. The second kappa shape index (κ2) is 11.8.